The number of furan rings is 1. The molecule has 136 valence electrons. The smallest absolute Gasteiger partial charge is 0.317 e. The number of likely N-dealkylation sites (tertiary alicyclic amines) is 1. The van der Waals surface area contributed by atoms with Crippen molar-refractivity contribution >= 4 is 6.03 Å². The van der Waals surface area contributed by atoms with E-state index in [2.05, 4.69) is 25.0 Å². The molecule has 3 heterocycles. The van der Waals surface area contributed by atoms with Gasteiger partial charge in [0.2, 0.25) is 0 Å². The standard InChI is InChI=1S/C17H26N6O2/c1-21(2)12-15-19-20-16(22(15)3)13-6-4-8-23(11-13)17(24)18-10-14-7-5-9-25-14/h5,7,9,13H,4,6,8,10-12H2,1-3H3,(H,18,24)/t13-/m1/s1. The van der Waals surface area contributed by atoms with Gasteiger partial charge in [-0.2, -0.15) is 0 Å². The fourth-order valence-electron chi connectivity index (χ4n) is 3.21. The number of piperidine rings is 1. The number of nitrogens with zero attached hydrogens (tertiary/aromatic N) is 5. The Hall–Kier alpha value is -2.35. The van der Waals surface area contributed by atoms with Crippen LogP contribution in [0.1, 0.15) is 36.2 Å². The predicted octanol–water partition coefficient (Wildman–Crippen LogP) is 1.56. The van der Waals surface area contributed by atoms with Gasteiger partial charge in [0.15, 0.2) is 0 Å². The minimum absolute atomic E-state index is 0.0585. The van der Waals surface area contributed by atoms with Crippen LogP contribution in [-0.2, 0) is 20.1 Å². The third kappa shape index (κ3) is 4.19. The van der Waals surface area contributed by atoms with E-state index in [1.54, 1.807) is 6.26 Å². The van der Waals surface area contributed by atoms with Crippen LogP contribution in [0.4, 0.5) is 4.79 Å². The van der Waals surface area contributed by atoms with Crippen molar-refractivity contribution in [3.05, 3.63) is 35.8 Å². The minimum atomic E-state index is -0.0585. The first kappa shape index (κ1) is 17.5. The number of carbonyl (C=O) groups is 1. The summed E-state index contributed by atoms with van der Waals surface area (Å²) in [5, 5.41) is 11.6. The van der Waals surface area contributed by atoms with Crippen LogP contribution in [0, 0.1) is 0 Å². The number of amides is 2. The predicted molar refractivity (Wildman–Crippen MR) is 92.9 cm³/mol. The van der Waals surface area contributed by atoms with Crippen molar-refractivity contribution in [3.8, 4) is 0 Å². The molecule has 0 bridgehead atoms. The molecule has 1 atom stereocenters. The van der Waals surface area contributed by atoms with Crippen molar-refractivity contribution in [2.75, 3.05) is 27.2 Å². The lowest BCUT2D eigenvalue weighted by atomic mass is 9.97. The highest BCUT2D eigenvalue weighted by Gasteiger charge is 2.28. The molecule has 0 saturated carbocycles. The van der Waals surface area contributed by atoms with E-state index in [0.29, 0.717) is 13.1 Å². The van der Waals surface area contributed by atoms with Crippen LogP contribution in [0.5, 0.6) is 0 Å². The van der Waals surface area contributed by atoms with Gasteiger partial charge in [-0.15, -0.1) is 10.2 Å². The normalized spacial score (nSPS) is 17.9. The van der Waals surface area contributed by atoms with Gasteiger partial charge < -0.3 is 24.1 Å². The van der Waals surface area contributed by atoms with Crippen molar-refractivity contribution < 1.29 is 9.21 Å². The number of aromatic nitrogens is 3. The lowest BCUT2D eigenvalue weighted by Crippen LogP contribution is -2.45. The molecule has 1 saturated heterocycles. The molecule has 1 N–H and O–H groups in total. The van der Waals surface area contributed by atoms with Gasteiger partial charge in [0, 0.05) is 26.1 Å². The van der Waals surface area contributed by atoms with Gasteiger partial charge in [-0.3, -0.25) is 0 Å². The number of urea groups is 1. The summed E-state index contributed by atoms with van der Waals surface area (Å²) in [6.45, 7) is 2.59. The second kappa shape index (κ2) is 7.69. The third-order valence-electron chi connectivity index (χ3n) is 4.52. The van der Waals surface area contributed by atoms with E-state index >= 15 is 0 Å². The molecule has 25 heavy (non-hydrogen) atoms. The molecule has 2 amide bonds. The molecular formula is C17H26N6O2. The van der Waals surface area contributed by atoms with Crippen molar-refractivity contribution in [2.45, 2.75) is 31.8 Å². The largest absolute Gasteiger partial charge is 0.467 e. The SMILES string of the molecule is CN(C)Cc1nnc([C@@H]2CCCN(C(=O)NCc3ccco3)C2)n1C. The van der Waals surface area contributed by atoms with Gasteiger partial charge in [-0.25, -0.2) is 4.79 Å². The zero-order valence-corrected chi connectivity index (χ0v) is 15.1. The number of nitrogens with one attached hydrogen (secondary N) is 1. The summed E-state index contributed by atoms with van der Waals surface area (Å²) < 4.78 is 7.32. The highest BCUT2D eigenvalue weighted by atomic mass is 16.3. The molecule has 0 aliphatic carbocycles. The topological polar surface area (TPSA) is 79.4 Å². The molecule has 2 aromatic rings. The van der Waals surface area contributed by atoms with Gasteiger partial charge in [0.1, 0.15) is 17.4 Å². The monoisotopic (exact) mass is 346 g/mol. The zero-order chi connectivity index (χ0) is 17.8. The Morgan fingerprint density at radius 3 is 3.00 bits per heavy atom. The molecular weight excluding hydrogens is 320 g/mol. The molecule has 1 aliphatic heterocycles. The third-order valence-corrected chi connectivity index (χ3v) is 4.52. The van der Waals surface area contributed by atoms with Crippen LogP contribution in [0.15, 0.2) is 22.8 Å². The Kier molecular flexibility index (Phi) is 5.37. The van der Waals surface area contributed by atoms with Gasteiger partial charge >= 0.3 is 6.03 Å². The fourth-order valence-corrected chi connectivity index (χ4v) is 3.21. The molecule has 0 aromatic carbocycles. The first-order chi connectivity index (χ1) is 12.0. The molecule has 2 aromatic heterocycles. The number of hydrogen-bond acceptors (Lipinski definition) is 5. The number of hydrogen-bond donors (Lipinski definition) is 1. The van der Waals surface area contributed by atoms with Crippen LogP contribution in [0.25, 0.3) is 0 Å². The lowest BCUT2D eigenvalue weighted by Gasteiger charge is -2.32. The van der Waals surface area contributed by atoms with E-state index in [4.69, 9.17) is 4.42 Å². The molecule has 8 heteroatoms. The molecule has 1 aliphatic rings. The zero-order valence-electron chi connectivity index (χ0n) is 15.1. The van der Waals surface area contributed by atoms with Crippen molar-refractivity contribution in [2.24, 2.45) is 7.05 Å². The van der Waals surface area contributed by atoms with Crippen LogP contribution in [0.3, 0.4) is 0 Å². The number of carbonyl (C=O) groups excluding carboxylic acids is 1. The summed E-state index contributed by atoms with van der Waals surface area (Å²) in [4.78, 5) is 16.4. The molecule has 8 nitrogen and oxygen atoms in total. The van der Waals surface area contributed by atoms with Gasteiger partial charge in [0.25, 0.3) is 0 Å². The second-order valence-electron chi connectivity index (χ2n) is 6.79. The van der Waals surface area contributed by atoms with Crippen molar-refractivity contribution in [3.63, 3.8) is 0 Å². The highest BCUT2D eigenvalue weighted by Crippen LogP contribution is 2.26. The van der Waals surface area contributed by atoms with Crippen LogP contribution in [0.2, 0.25) is 0 Å². The number of rotatable bonds is 5. The Balaban J connectivity index is 1.61. The first-order valence-electron chi connectivity index (χ1n) is 8.62. The van der Waals surface area contributed by atoms with Gasteiger partial charge in [-0.1, -0.05) is 0 Å². The van der Waals surface area contributed by atoms with Crippen LogP contribution >= 0.6 is 0 Å². The molecule has 3 rings (SSSR count). The average Bonchev–Trinajstić information content (AvgIpc) is 3.23. The van der Waals surface area contributed by atoms with E-state index in [9.17, 15) is 4.79 Å². The quantitative estimate of drug-likeness (QED) is 0.889. The summed E-state index contributed by atoms with van der Waals surface area (Å²) in [6, 6.07) is 3.61. The van der Waals surface area contributed by atoms with Crippen molar-refractivity contribution in [1.82, 2.24) is 29.9 Å². The van der Waals surface area contributed by atoms with E-state index in [-0.39, 0.29) is 11.9 Å². The fraction of sp³-hybridized carbons (Fsp3) is 0.588. The maximum absolute atomic E-state index is 12.4. The minimum Gasteiger partial charge on any atom is -0.467 e. The summed E-state index contributed by atoms with van der Waals surface area (Å²) in [7, 11) is 6.03. The van der Waals surface area contributed by atoms with E-state index in [1.165, 1.54) is 0 Å². The van der Waals surface area contributed by atoms with Gasteiger partial charge in [0.05, 0.1) is 19.4 Å². The maximum Gasteiger partial charge on any atom is 0.317 e. The Morgan fingerprint density at radius 1 is 1.44 bits per heavy atom. The molecule has 1 fully saturated rings. The van der Waals surface area contributed by atoms with E-state index < -0.39 is 0 Å². The van der Waals surface area contributed by atoms with Gasteiger partial charge in [-0.05, 0) is 39.1 Å². The first-order valence-corrected chi connectivity index (χ1v) is 8.62. The highest BCUT2D eigenvalue weighted by molar-refractivity contribution is 5.74. The van der Waals surface area contributed by atoms with E-state index in [1.807, 2.05) is 38.2 Å². The summed E-state index contributed by atoms with van der Waals surface area (Å²) in [5.74, 6) is 2.87. The maximum atomic E-state index is 12.4. The average molecular weight is 346 g/mol. The Labute approximate surface area is 147 Å². The summed E-state index contributed by atoms with van der Waals surface area (Å²) in [6.07, 6.45) is 3.60. The van der Waals surface area contributed by atoms with Crippen molar-refractivity contribution in [1.29, 1.82) is 0 Å². The molecule has 0 radical (unpaired) electrons. The summed E-state index contributed by atoms with van der Waals surface area (Å²) >= 11 is 0. The Bertz CT molecular complexity index is 694. The molecule has 0 spiro atoms. The Morgan fingerprint density at radius 2 is 2.28 bits per heavy atom. The second-order valence-corrected chi connectivity index (χ2v) is 6.79. The van der Waals surface area contributed by atoms with E-state index in [0.717, 1.165) is 43.3 Å². The van der Waals surface area contributed by atoms with Crippen LogP contribution in [-0.4, -0.2) is 57.8 Å². The lowest BCUT2D eigenvalue weighted by molar-refractivity contribution is 0.176. The molecule has 0 unspecified atom stereocenters. The summed E-state index contributed by atoms with van der Waals surface area (Å²) in [5.41, 5.74) is 0. The van der Waals surface area contributed by atoms with Crippen LogP contribution < -0.4 is 5.32 Å².